The number of guanidine groups is 1. The quantitative estimate of drug-likeness (QED) is 0.350. The Kier molecular flexibility index (Phi) is 5.91. The van der Waals surface area contributed by atoms with Gasteiger partial charge < -0.3 is 11.5 Å². The first-order chi connectivity index (χ1) is 8.63. The molecule has 0 atom stereocenters. The van der Waals surface area contributed by atoms with E-state index in [9.17, 15) is 0 Å². The van der Waals surface area contributed by atoms with Gasteiger partial charge in [0.2, 0.25) is 5.96 Å². The summed E-state index contributed by atoms with van der Waals surface area (Å²) in [6.07, 6.45) is 4.37. The Morgan fingerprint density at radius 2 is 1.94 bits per heavy atom. The van der Waals surface area contributed by atoms with Gasteiger partial charge in [0.05, 0.1) is 5.71 Å². The van der Waals surface area contributed by atoms with E-state index in [1.165, 1.54) is 18.4 Å². The average Bonchev–Trinajstić information content (AvgIpc) is 2.33. The Balaban J connectivity index is 2.89. The van der Waals surface area contributed by atoms with E-state index < -0.39 is 0 Å². The summed E-state index contributed by atoms with van der Waals surface area (Å²) < 4.78 is 0. The van der Waals surface area contributed by atoms with Gasteiger partial charge >= 0.3 is 0 Å². The lowest BCUT2D eigenvalue weighted by atomic mass is 10.0. The third-order valence-electron chi connectivity index (χ3n) is 2.65. The zero-order valence-electron chi connectivity index (χ0n) is 11.2. The highest BCUT2D eigenvalue weighted by Gasteiger charge is 2.04. The first-order valence-electron chi connectivity index (χ1n) is 6.36. The molecule has 0 heterocycles. The van der Waals surface area contributed by atoms with Crippen molar-refractivity contribution >= 4 is 11.7 Å². The Morgan fingerprint density at radius 3 is 2.56 bits per heavy atom. The van der Waals surface area contributed by atoms with Crippen LogP contribution >= 0.6 is 0 Å². The topological polar surface area (TPSA) is 76.8 Å². The third kappa shape index (κ3) is 4.99. The predicted octanol–water partition coefficient (Wildman–Crippen LogP) is 2.55. The van der Waals surface area contributed by atoms with Crippen molar-refractivity contribution in [2.24, 2.45) is 21.7 Å². The summed E-state index contributed by atoms with van der Waals surface area (Å²) in [5.74, 6) is -0.00403. The lowest BCUT2D eigenvalue weighted by Gasteiger charge is -2.06. The molecule has 0 amide bonds. The van der Waals surface area contributed by atoms with Crippen molar-refractivity contribution in [3.8, 4) is 0 Å². The highest BCUT2D eigenvalue weighted by Crippen LogP contribution is 2.11. The van der Waals surface area contributed by atoms with E-state index in [4.69, 9.17) is 11.5 Å². The van der Waals surface area contributed by atoms with Crippen LogP contribution in [-0.4, -0.2) is 11.7 Å². The summed E-state index contributed by atoms with van der Waals surface area (Å²) in [4.78, 5) is 0. The van der Waals surface area contributed by atoms with Crippen LogP contribution < -0.4 is 11.5 Å². The van der Waals surface area contributed by atoms with Crippen molar-refractivity contribution in [2.45, 2.75) is 39.5 Å². The molecule has 1 rings (SSSR count). The van der Waals surface area contributed by atoms with Gasteiger partial charge in [0.15, 0.2) is 0 Å². The number of benzene rings is 1. The number of hydrogen-bond donors (Lipinski definition) is 2. The molecule has 0 aliphatic carbocycles. The number of hydrogen-bond acceptors (Lipinski definition) is 2. The molecule has 18 heavy (non-hydrogen) atoms. The van der Waals surface area contributed by atoms with Gasteiger partial charge in [0.1, 0.15) is 0 Å². The van der Waals surface area contributed by atoms with E-state index >= 15 is 0 Å². The van der Waals surface area contributed by atoms with Crippen LogP contribution in [0, 0.1) is 6.92 Å². The van der Waals surface area contributed by atoms with Gasteiger partial charge in [0.25, 0.3) is 0 Å². The van der Waals surface area contributed by atoms with Crippen LogP contribution in [0.25, 0.3) is 0 Å². The number of nitrogens with zero attached hydrogens (tertiary/aromatic N) is 2. The van der Waals surface area contributed by atoms with Gasteiger partial charge in [-0.25, -0.2) is 0 Å². The molecular formula is C14H22N4. The van der Waals surface area contributed by atoms with E-state index in [0.29, 0.717) is 0 Å². The zero-order valence-corrected chi connectivity index (χ0v) is 11.2. The highest BCUT2D eigenvalue weighted by molar-refractivity contribution is 6.00. The van der Waals surface area contributed by atoms with Gasteiger partial charge in [-0.15, -0.1) is 5.10 Å². The van der Waals surface area contributed by atoms with Gasteiger partial charge in [-0.2, -0.15) is 5.10 Å². The number of rotatable bonds is 6. The normalized spacial score (nSPS) is 11.3. The summed E-state index contributed by atoms with van der Waals surface area (Å²) >= 11 is 0. The summed E-state index contributed by atoms with van der Waals surface area (Å²) in [7, 11) is 0. The number of nitrogens with two attached hydrogens (primary N) is 2. The zero-order chi connectivity index (χ0) is 13.4. The van der Waals surface area contributed by atoms with Gasteiger partial charge in [0, 0.05) is 0 Å². The fourth-order valence-electron chi connectivity index (χ4n) is 1.74. The first kappa shape index (κ1) is 14.2. The number of unbranched alkanes of at least 4 members (excludes halogenated alkanes) is 2. The molecule has 0 saturated heterocycles. The summed E-state index contributed by atoms with van der Waals surface area (Å²) in [5.41, 5.74) is 13.9. The van der Waals surface area contributed by atoms with Crippen molar-refractivity contribution in [1.82, 2.24) is 0 Å². The summed E-state index contributed by atoms with van der Waals surface area (Å²) in [6.45, 7) is 4.24. The van der Waals surface area contributed by atoms with Crippen LogP contribution in [0.1, 0.15) is 43.7 Å². The minimum absolute atomic E-state index is 0.00403. The molecule has 1 aromatic carbocycles. The van der Waals surface area contributed by atoms with E-state index in [0.717, 1.165) is 24.1 Å². The maximum atomic E-state index is 5.32. The van der Waals surface area contributed by atoms with Crippen molar-refractivity contribution in [3.05, 3.63) is 35.4 Å². The SMILES string of the molecule is CCCCCC(=NN=C(N)N)c1cccc(C)c1. The summed E-state index contributed by atoms with van der Waals surface area (Å²) in [5, 5.41) is 7.93. The molecule has 1 aromatic rings. The first-order valence-corrected chi connectivity index (χ1v) is 6.36. The molecule has 4 nitrogen and oxygen atoms in total. The van der Waals surface area contributed by atoms with E-state index in [-0.39, 0.29) is 5.96 Å². The molecule has 0 spiro atoms. The van der Waals surface area contributed by atoms with Crippen LogP contribution in [0.4, 0.5) is 0 Å². The molecule has 0 saturated carbocycles. The lowest BCUT2D eigenvalue weighted by molar-refractivity contribution is 0.741. The maximum absolute atomic E-state index is 5.32. The summed E-state index contributed by atoms with van der Waals surface area (Å²) in [6, 6.07) is 8.23. The van der Waals surface area contributed by atoms with Gasteiger partial charge in [-0.3, -0.25) is 0 Å². The van der Waals surface area contributed by atoms with Crippen LogP contribution in [-0.2, 0) is 0 Å². The standard InChI is InChI=1S/C14H22N4/c1-3-4-5-9-13(17-18-14(15)16)12-8-6-7-11(2)10-12/h6-8,10H,3-5,9H2,1-2H3,(H4,15,16,18). The fourth-order valence-corrected chi connectivity index (χ4v) is 1.74. The Labute approximate surface area is 109 Å². The van der Waals surface area contributed by atoms with Crippen LogP contribution in [0.2, 0.25) is 0 Å². The Hall–Kier alpha value is -1.84. The lowest BCUT2D eigenvalue weighted by Crippen LogP contribution is -2.22. The highest BCUT2D eigenvalue weighted by atomic mass is 15.3. The smallest absolute Gasteiger partial charge is 0.211 e. The fraction of sp³-hybridized carbons (Fsp3) is 0.429. The largest absolute Gasteiger partial charge is 0.369 e. The maximum Gasteiger partial charge on any atom is 0.211 e. The molecule has 98 valence electrons. The minimum Gasteiger partial charge on any atom is -0.369 e. The van der Waals surface area contributed by atoms with E-state index in [2.05, 4.69) is 36.2 Å². The van der Waals surface area contributed by atoms with Crippen molar-refractivity contribution in [3.63, 3.8) is 0 Å². The van der Waals surface area contributed by atoms with Crippen molar-refractivity contribution in [1.29, 1.82) is 0 Å². The molecule has 4 heteroatoms. The molecule has 0 aromatic heterocycles. The molecule has 0 fully saturated rings. The number of aryl methyl sites for hydroxylation is 1. The third-order valence-corrected chi connectivity index (χ3v) is 2.65. The average molecular weight is 246 g/mol. The minimum atomic E-state index is -0.00403. The molecule has 0 radical (unpaired) electrons. The van der Waals surface area contributed by atoms with Crippen LogP contribution in [0.15, 0.2) is 34.5 Å². The molecular weight excluding hydrogens is 224 g/mol. The second kappa shape index (κ2) is 7.48. The molecule has 4 N–H and O–H groups in total. The van der Waals surface area contributed by atoms with Gasteiger partial charge in [-0.1, -0.05) is 49.6 Å². The van der Waals surface area contributed by atoms with E-state index in [1.54, 1.807) is 0 Å². The van der Waals surface area contributed by atoms with Crippen LogP contribution in [0.3, 0.4) is 0 Å². The molecule has 0 bridgehead atoms. The van der Waals surface area contributed by atoms with Gasteiger partial charge in [-0.05, 0) is 25.3 Å². The molecule has 0 unspecified atom stereocenters. The second-order valence-electron chi connectivity index (χ2n) is 4.40. The Morgan fingerprint density at radius 1 is 1.17 bits per heavy atom. The predicted molar refractivity (Wildman–Crippen MR) is 77.7 cm³/mol. The second-order valence-corrected chi connectivity index (χ2v) is 4.40. The van der Waals surface area contributed by atoms with E-state index in [1.807, 2.05) is 12.1 Å². The molecule has 0 aliphatic rings. The molecule has 0 aliphatic heterocycles. The monoisotopic (exact) mass is 246 g/mol. The van der Waals surface area contributed by atoms with Crippen LogP contribution in [0.5, 0.6) is 0 Å². The Bertz CT molecular complexity index is 431. The van der Waals surface area contributed by atoms with Crippen molar-refractivity contribution < 1.29 is 0 Å². The van der Waals surface area contributed by atoms with Crippen molar-refractivity contribution in [2.75, 3.05) is 0 Å².